The first-order valence-corrected chi connectivity index (χ1v) is 10.8. The number of aromatic amines is 1. The molecule has 32 heavy (non-hydrogen) atoms. The smallest absolute Gasteiger partial charge is 0.259 e. The van der Waals surface area contributed by atoms with E-state index in [4.69, 9.17) is 4.98 Å². The lowest BCUT2D eigenvalue weighted by molar-refractivity contribution is 0.102. The molecule has 8 nitrogen and oxygen atoms in total. The Balaban J connectivity index is 1.33. The number of nitrogens with zero attached hydrogens (tertiary/aromatic N) is 5. The fourth-order valence-corrected chi connectivity index (χ4v) is 4.19. The molecule has 5 aromatic rings. The molecule has 0 spiro atoms. The van der Waals surface area contributed by atoms with Crippen molar-refractivity contribution >= 4 is 28.1 Å². The largest absolute Gasteiger partial charge is 0.345 e. The summed E-state index contributed by atoms with van der Waals surface area (Å²) in [4.78, 5) is 29.5. The summed E-state index contributed by atoms with van der Waals surface area (Å²) in [5, 5.41) is 8.16. The zero-order valence-corrected chi connectivity index (χ0v) is 17.3. The molecule has 1 fully saturated rings. The number of aromatic nitrogens is 6. The molecule has 158 valence electrons. The zero-order valence-electron chi connectivity index (χ0n) is 17.3. The van der Waals surface area contributed by atoms with E-state index >= 15 is 0 Å². The number of hydrogen-bond acceptors (Lipinski definition) is 5. The highest BCUT2D eigenvalue weighted by Gasteiger charge is 2.20. The van der Waals surface area contributed by atoms with Gasteiger partial charge in [0.2, 0.25) is 0 Å². The van der Waals surface area contributed by atoms with Crippen LogP contribution in [0.5, 0.6) is 0 Å². The monoisotopic (exact) mass is 423 g/mol. The molecule has 0 aromatic carbocycles. The second-order valence-corrected chi connectivity index (χ2v) is 8.25. The number of nitrogens with one attached hydrogen (secondary N) is 2. The number of hydrogen-bond donors (Lipinski definition) is 2. The van der Waals surface area contributed by atoms with Crippen molar-refractivity contribution in [1.29, 1.82) is 0 Å². The van der Waals surface area contributed by atoms with E-state index in [1.54, 1.807) is 35.2 Å². The number of amides is 1. The van der Waals surface area contributed by atoms with E-state index in [0.717, 1.165) is 45.8 Å². The number of anilines is 1. The van der Waals surface area contributed by atoms with Gasteiger partial charge in [0.1, 0.15) is 11.5 Å². The first-order chi connectivity index (χ1) is 15.7. The molecule has 5 heterocycles. The molecule has 5 aromatic heterocycles. The standard InChI is InChI=1S/C24H21N7O/c32-24(29-17-5-2-7-25-11-17)20-14-28-31-8-6-16(10-21(20)31)18-12-27-23-19(18)13-26-22(30-23)9-15-3-1-4-15/h2,5-8,10-15H,1,3-4,9H2,(H,29,32)(H,26,27,30). The van der Waals surface area contributed by atoms with Crippen molar-refractivity contribution in [3.05, 3.63) is 72.8 Å². The summed E-state index contributed by atoms with van der Waals surface area (Å²) in [7, 11) is 0. The molecule has 8 heteroatoms. The molecular formula is C24H21N7O. The minimum absolute atomic E-state index is 0.229. The third-order valence-corrected chi connectivity index (χ3v) is 6.17. The normalized spacial score (nSPS) is 14.0. The summed E-state index contributed by atoms with van der Waals surface area (Å²) >= 11 is 0. The van der Waals surface area contributed by atoms with Gasteiger partial charge in [0, 0.05) is 42.2 Å². The van der Waals surface area contributed by atoms with Crippen LogP contribution in [0.2, 0.25) is 0 Å². The highest BCUT2D eigenvalue weighted by molar-refractivity contribution is 6.09. The van der Waals surface area contributed by atoms with Crippen LogP contribution in [-0.2, 0) is 6.42 Å². The molecule has 0 saturated heterocycles. The Hall–Kier alpha value is -4.07. The first kappa shape index (κ1) is 18.7. The van der Waals surface area contributed by atoms with Gasteiger partial charge in [0.25, 0.3) is 5.91 Å². The molecular weight excluding hydrogens is 402 g/mol. The van der Waals surface area contributed by atoms with Crippen LogP contribution in [0.4, 0.5) is 5.69 Å². The van der Waals surface area contributed by atoms with Crippen LogP contribution >= 0.6 is 0 Å². The van der Waals surface area contributed by atoms with E-state index in [-0.39, 0.29) is 5.91 Å². The van der Waals surface area contributed by atoms with Crippen LogP contribution in [0.3, 0.4) is 0 Å². The summed E-state index contributed by atoms with van der Waals surface area (Å²) < 4.78 is 1.70. The third-order valence-electron chi connectivity index (χ3n) is 6.17. The van der Waals surface area contributed by atoms with Crippen molar-refractivity contribution in [2.45, 2.75) is 25.7 Å². The van der Waals surface area contributed by atoms with Gasteiger partial charge in [-0.15, -0.1) is 0 Å². The number of rotatable bonds is 5. The molecule has 6 rings (SSSR count). The van der Waals surface area contributed by atoms with Gasteiger partial charge in [-0.25, -0.2) is 14.5 Å². The number of carbonyl (C=O) groups excluding carboxylic acids is 1. The lowest BCUT2D eigenvalue weighted by Gasteiger charge is -2.24. The summed E-state index contributed by atoms with van der Waals surface area (Å²) in [5.41, 5.74) is 4.66. The second kappa shape index (κ2) is 7.56. The average Bonchev–Trinajstić information content (AvgIpc) is 3.40. The average molecular weight is 423 g/mol. The van der Waals surface area contributed by atoms with E-state index < -0.39 is 0 Å². The van der Waals surface area contributed by atoms with Crippen LogP contribution < -0.4 is 5.32 Å². The number of carbonyl (C=O) groups is 1. The lowest BCUT2D eigenvalue weighted by Crippen LogP contribution is -2.15. The maximum Gasteiger partial charge on any atom is 0.259 e. The number of H-pyrrole nitrogens is 1. The van der Waals surface area contributed by atoms with Gasteiger partial charge in [-0.3, -0.25) is 9.78 Å². The lowest BCUT2D eigenvalue weighted by atomic mass is 9.83. The van der Waals surface area contributed by atoms with Gasteiger partial charge in [-0.1, -0.05) is 19.3 Å². The van der Waals surface area contributed by atoms with Gasteiger partial charge < -0.3 is 10.3 Å². The Morgan fingerprint density at radius 3 is 2.97 bits per heavy atom. The van der Waals surface area contributed by atoms with E-state index in [1.807, 2.05) is 30.7 Å². The van der Waals surface area contributed by atoms with Crippen molar-refractivity contribution in [3.63, 3.8) is 0 Å². The van der Waals surface area contributed by atoms with Crippen molar-refractivity contribution in [3.8, 4) is 11.1 Å². The van der Waals surface area contributed by atoms with Crippen molar-refractivity contribution in [1.82, 2.24) is 29.5 Å². The fraction of sp³-hybridized carbons (Fsp3) is 0.208. The van der Waals surface area contributed by atoms with E-state index in [0.29, 0.717) is 11.3 Å². The van der Waals surface area contributed by atoms with Crippen molar-refractivity contribution in [2.24, 2.45) is 5.92 Å². The molecule has 1 amide bonds. The van der Waals surface area contributed by atoms with Crippen LogP contribution in [0, 0.1) is 5.92 Å². The molecule has 1 aliphatic rings. The highest BCUT2D eigenvalue weighted by Crippen LogP contribution is 2.31. The maximum atomic E-state index is 12.8. The fourth-order valence-electron chi connectivity index (χ4n) is 4.19. The molecule has 0 bridgehead atoms. The molecule has 1 aliphatic carbocycles. The van der Waals surface area contributed by atoms with Gasteiger partial charge in [0.15, 0.2) is 0 Å². The Morgan fingerprint density at radius 2 is 2.16 bits per heavy atom. The Labute approximate surface area is 183 Å². The van der Waals surface area contributed by atoms with Crippen molar-refractivity contribution in [2.75, 3.05) is 5.32 Å². The molecule has 2 N–H and O–H groups in total. The Kier molecular flexibility index (Phi) is 4.41. The number of fused-ring (bicyclic) bond motifs is 2. The van der Waals surface area contributed by atoms with Gasteiger partial charge in [-0.05, 0) is 35.7 Å². The summed E-state index contributed by atoms with van der Waals surface area (Å²) in [6.45, 7) is 0. The van der Waals surface area contributed by atoms with Crippen LogP contribution in [0.25, 0.3) is 27.7 Å². The SMILES string of the molecule is O=C(Nc1cccnc1)c1cnn2ccc(-c3c[nH]c4nc(CC5CCC5)ncc34)cc12. The van der Waals surface area contributed by atoms with Crippen LogP contribution in [0.1, 0.15) is 35.4 Å². The van der Waals surface area contributed by atoms with Gasteiger partial charge in [-0.2, -0.15) is 5.10 Å². The summed E-state index contributed by atoms with van der Waals surface area (Å²) in [5.74, 6) is 1.40. The summed E-state index contributed by atoms with van der Waals surface area (Å²) in [6, 6.07) is 7.53. The van der Waals surface area contributed by atoms with Gasteiger partial charge >= 0.3 is 0 Å². The third kappa shape index (κ3) is 3.30. The number of pyridine rings is 2. The molecule has 0 unspecified atom stereocenters. The molecule has 0 radical (unpaired) electrons. The quantitative estimate of drug-likeness (QED) is 0.440. The molecule has 0 aliphatic heterocycles. The van der Waals surface area contributed by atoms with Crippen LogP contribution in [0.15, 0.2) is 61.4 Å². The molecule has 0 atom stereocenters. The first-order valence-electron chi connectivity index (χ1n) is 10.8. The Morgan fingerprint density at radius 1 is 1.22 bits per heavy atom. The maximum absolute atomic E-state index is 12.8. The minimum Gasteiger partial charge on any atom is -0.345 e. The topological polar surface area (TPSA) is 101 Å². The summed E-state index contributed by atoms with van der Waals surface area (Å²) in [6.07, 6.45) is 15.4. The van der Waals surface area contributed by atoms with E-state index in [1.165, 1.54) is 19.3 Å². The Bertz CT molecular complexity index is 1430. The highest BCUT2D eigenvalue weighted by atomic mass is 16.1. The van der Waals surface area contributed by atoms with Gasteiger partial charge in [0.05, 0.1) is 29.2 Å². The second-order valence-electron chi connectivity index (χ2n) is 8.25. The zero-order chi connectivity index (χ0) is 21.5. The van der Waals surface area contributed by atoms with Crippen LogP contribution in [-0.4, -0.2) is 35.5 Å². The van der Waals surface area contributed by atoms with E-state index in [2.05, 4.69) is 25.4 Å². The molecule has 1 saturated carbocycles. The van der Waals surface area contributed by atoms with E-state index in [9.17, 15) is 4.79 Å². The minimum atomic E-state index is -0.229. The predicted molar refractivity (Wildman–Crippen MR) is 121 cm³/mol. The predicted octanol–water partition coefficient (Wildman–Crippen LogP) is 4.26. The van der Waals surface area contributed by atoms with Crippen molar-refractivity contribution < 1.29 is 4.79 Å².